The lowest BCUT2D eigenvalue weighted by atomic mass is 9.96. The van der Waals surface area contributed by atoms with Crippen molar-refractivity contribution in [2.45, 2.75) is 25.3 Å². The van der Waals surface area contributed by atoms with E-state index in [9.17, 15) is 13.2 Å². The van der Waals surface area contributed by atoms with Crippen LogP contribution in [0.3, 0.4) is 0 Å². The minimum absolute atomic E-state index is 0.0542. The normalized spacial score (nSPS) is 14.9. The summed E-state index contributed by atoms with van der Waals surface area (Å²) in [5.74, 6) is 1.13. The second-order valence-electron chi connectivity index (χ2n) is 11.0. The summed E-state index contributed by atoms with van der Waals surface area (Å²) in [5, 5.41) is 6.17. The number of hydrogen-bond donors (Lipinski definition) is 3. The van der Waals surface area contributed by atoms with Crippen LogP contribution in [0.15, 0.2) is 91.3 Å². The predicted octanol–water partition coefficient (Wildman–Crippen LogP) is 5.62. The lowest BCUT2D eigenvalue weighted by Crippen LogP contribution is -2.39. The molecule has 1 amide bonds. The summed E-state index contributed by atoms with van der Waals surface area (Å²) in [6.07, 6.45) is 6.62. The van der Waals surface area contributed by atoms with Gasteiger partial charge in [-0.25, -0.2) is 22.7 Å². The molecule has 5 aromatic rings. The van der Waals surface area contributed by atoms with Crippen molar-refractivity contribution >= 4 is 56.5 Å². The molecule has 3 heterocycles. The van der Waals surface area contributed by atoms with E-state index in [1.807, 2.05) is 18.2 Å². The van der Waals surface area contributed by atoms with Crippen molar-refractivity contribution in [3.63, 3.8) is 0 Å². The van der Waals surface area contributed by atoms with Gasteiger partial charge in [0.1, 0.15) is 11.5 Å². The fourth-order valence-electron chi connectivity index (χ4n) is 5.78. The topological polar surface area (TPSA) is 139 Å². The number of ether oxygens (including phenoxy) is 2. The van der Waals surface area contributed by atoms with Gasteiger partial charge in [0, 0.05) is 48.0 Å². The number of nitrogens with zero attached hydrogens (tertiary/aromatic N) is 5. The summed E-state index contributed by atoms with van der Waals surface area (Å²) in [4.78, 5) is 29.1. The number of anilines is 5. The summed E-state index contributed by atoms with van der Waals surface area (Å²) in [7, 11) is -0.158. The summed E-state index contributed by atoms with van der Waals surface area (Å²) < 4.78 is 37.8. The number of likely N-dealkylation sites (tertiary alicyclic amines) is 1. The van der Waals surface area contributed by atoms with E-state index < -0.39 is 10.9 Å². The molecule has 1 aliphatic rings. The first-order valence-electron chi connectivity index (χ1n) is 15.2. The number of thiol groups is 1. The molecule has 0 spiro atoms. The fraction of sp³-hybridized carbons (Fsp3) is 0.235. The second-order valence-corrected chi connectivity index (χ2v) is 11.9. The molecule has 0 bridgehead atoms. The van der Waals surface area contributed by atoms with E-state index in [4.69, 9.17) is 19.4 Å². The Morgan fingerprint density at radius 1 is 0.894 bits per heavy atom. The Balaban J connectivity index is 1.30. The number of fused-ring (bicyclic) bond motifs is 1. The van der Waals surface area contributed by atoms with Gasteiger partial charge in [0.25, 0.3) is 0 Å². The largest absolute Gasteiger partial charge is 0.497 e. The van der Waals surface area contributed by atoms with Gasteiger partial charge in [-0.05, 0) is 67.4 Å². The van der Waals surface area contributed by atoms with Crippen LogP contribution in [0.5, 0.6) is 11.5 Å². The van der Waals surface area contributed by atoms with Gasteiger partial charge in [-0.1, -0.05) is 24.6 Å². The quantitative estimate of drug-likeness (QED) is 0.154. The molecule has 47 heavy (non-hydrogen) atoms. The lowest BCUT2D eigenvalue weighted by molar-refractivity contribution is -0.118. The molecule has 0 saturated carbocycles. The summed E-state index contributed by atoms with van der Waals surface area (Å²) in [6, 6.07) is 23.2. The number of hydrogen-bond acceptors (Lipinski definition) is 10. The van der Waals surface area contributed by atoms with Crippen molar-refractivity contribution in [3.05, 3.63) is 96.8 Å². The van der Waals surface area contributed by atoms with E-state index >= 15 is 0 Å². The number of methoxy groups -OCH3 is 2. The zero-order valence-electron chi connectivity index (χ0n) is 26.0. The Hall–Kier alpha value is -5.27. The van der Waals surface area contributed by atoms with E-state index in [0.717, 1.165) is 35.7 Å². The number of rotatable bonds is 11. The third-order valence-electron chi connectivity index (χ3n) is 7.96. The van der Waals surface area contributed by atoms with Crippen molar-refractivity contribution < 1.29 is 22.7 Å². The van der Waals surface area contributed by atoms with Crippen LogP contribution in [0, 0.1) is 0 Å². The van der Waals surface area contributed by atoms with E-state index in [2.05, 4.69) is 20.5 Å². The monoisotopic (exact) mass is 653 g/mol. The van der Waals surface area contributed by atoms with Crippen LogP contribution in [-0.2, 0) is 15.7 Å². The molecule has 13 heteroatoms. The van der Waals surface area contributed by atoms with Crippen molar-refractivity contribution in [1.82, 2.24) is 19.9 Å². The van der Waals surface area contributed by atoms with Crippen LogP contribution in [-0.4, -0.2) is 61.5 Å². The van der Waals surface area contributed by atoms with Gasteiger partial charge in [0.05, 0.1) is 37.5 Å². The SMILES string of the molecule is COc1cc(Nc2nc3ccccc3nc2N(c2cccc(NC(=O)CN3CCCCC3c3ccncc3)c2)[SH](=O)=O)cc(OC)c1. The van der Waals surface area contributed by atoms with Crippen LogP contribution in [0.25, 0.3) is 11.0 Å². The molecule has 242 valence electrons. The second kappa shape index (κ2) is 14.4. The Kier molecular flexibility index (Phi) is 9.74. The smallest absolute Gasteiger partial charge is 0.238 e. The van der Waals surface area contributed by atoms with E-state index in [0.29, 0.717) is 33.9 Å². The molecule has 0 aliphatic carbocycles. The number of benzene rings is 3. The number of carbonyl (C=O) groups excluding carboxylic acids is 1. The zero-order chi connectivity index (χ0) is 32.8. The fourth-order valence-corrected chi connectivity index (χ4v) is 6.38. The van der Waals surface area contributed by atoms with Crippen LogP contribution in [0.2, 0.25) is 0 Å². The summed E-state index contributed by atoms with van der Waals surface area (Å²) in [5.41, 5.74) is 3.50. The number of nitrogens with one attached hydrogen (secondary N) is 2. The molecule has 3 aromatic carbocycles. The Labute approximate surface area is 274 Å². The number of para-hydroxylation sites is 2. The maximum Gasteiger partial charge on any atom is 0.238 e. The molecule has 0 radical (unpaired) electrons. The van der Waals surface area contributed by atoms with Crippen molar-refractivity contribution in [2.75, 3.05) is 42.2 Å². The van der Waals surface area contributed by atoms with Crippen molar-refractivity contribution in [2.24, 2.45) is 0 Å². The third kappa shape index (κ3) is 7.42. The number of pyridine rings is 1. The van der Waals surface area contributed by atoms with Gasteiger partial charge in [0.2, 0.25) is 16.8 Å². The zero-order valence-corrected chi connectivity index (χ0v) is 26.9. The third-order valence-corrected chi connectivity index (χ3v) is 8.70. The Morgan fingerprint density at radius 2 is 1.62 bits per heavy atom. The molecule has 2 N–H and O–H groups in total. The number of carbonyl (C=O) groups is 1. The van der Waals surface area contributed by atoms with Gasteiger partial charge in [-0.3, -0.25) is 14.7 Å². The molecule has 6 rings (SSSR count). The highest BCUT2D eigenvalue weighted by Crippen LogP contribution is 2.36. The lowest BCUT2D eigenvalue weighted by Gasteiger charge is -2.35. The molecule has 12 nitrogen and oxygen atoms in total. The molecule has 2 aromatic heterocycles. The van der Waals surface area contributed by atoms with Gasteiger partial charge in [-0.2, -0.15) is 0 Å². The molecular weight excluding hydrogens is 618 g/mol. The van der Waals surface area contributed by atoms with E-state index in [-0.39, 0.29) is 35.8 Å². The van der Waals surface area contributed by atoms with E-state index in [1.54, 1.807) is 87.3 Å². The first-order valence-corrected chi connectivity index (χ1v) is 16.3. The molecule has 1 fully saturated rings. The summed E-state index contributed by atoms with van der Waals surface area (Å²) in [6.45, 7) is 1.01. The summed E-state index contributed by atoms with van der Waals surface area (Å²) >= 11 is 0. The van der Waals surface area contributed by atoms with Gasteiger partial charge in [-0.15, -0.1) is 0 Å². The first-order chi connectivity index (χ1) is 22.9. The maximum absolute atomic E-state index is 13.3. The first kappa shape index (κ1) is 31.7. The van der Waals surface area contributed by atoms with Gasteiger partial charge < -0.3 is 20.1 Å². The number of piperidine rings is 1. The highest BCUT2D eigenvalue weighted by molar-refractivity contribution is 7.74. The van der Waals surface area contributed by atoms with Crippen LogP contribution in [0.1, 0.15) is 30.9 Å². The van der Waals surface area contributed by atoms with Crippen LogP contribution in [0.4, 0.5) is 28.7 Å². The number of amides is 1. The highest BCUT2D eigenvalue weighted by Gasteiger charge is 2.26. The highest BCUT2D eigenvalue weighted by atomic mass is 32.2. The molecule has 1 atom stereocenters. The van der Waals surface area contributed by atoms with E-state index in [1.165, 1.54) is 0 Å². The minimum atomic E-state index is -3.24. The number of aromatic nitrogens is 3. The van der Waals surface area contributed by atoms with Crippen molar-refractivity contribution in [1.29, 1.82) is 0 Å². The maximum atomic E-state index is 13.3. The Morgan fingerprint density at radius 3 is 2.32 bits per heavy atom. The molecular formula is C34H35N7O5S. The van der Waals surface area contributed by atoms with Crippen LogP contribution < -0.4 is 24.4 Å². The van der Waals surface area contributed by atoms with Gasteiger partial charge >= 0.3 is 0 Å². The Bertz CT molecular complexity index is 1930. The molecule has 1 aliphatic heterocycles. The standard InChI is InChI=1S/C34H35N7O5S/c1-45-27-19-25(20-28(21-27)46-2)37-33-34(39-30-11-4-3-10-29(30)38-33)41(47(43)44)26-9-7-8-24(18-26)36-32(42)22-40-17-6-5-12-31(40)23-13-15-35-16-14-23/h3-4,7-11,13-16,18-21,31,47H,5-6,12,17,22H2,1-2H3,(H,36,42)(H,37,38). The predicted molar refractivity (Wildman–Crippen MR) is 182 cm³/mol. The minimum Gasteiger partial charge on any atom is -0.497 e. The van der Waals surface area contributed by atoms with Gasteiger partial charge in [0.15, 0.2) is 11.6 Å². The average Bonchev–Trinajstić information content (AvgIpc) is 3.09. The van der Waals surface area contributed by atoms with Crippen LogP contribution >= 0.6 is 0 Å². The molecule has 1 unspecified atom stereocenters. The average molecular weight is 654 g/mol. The van der Waals surface area contributed by atoms with Crippen molar-refractivity contribution in [3.8, 4) is 11.5 Å². The molecule has 1 saturated heterocycles.